The number of hydrogen-bond acceptors (Lipinski definition) is 4. The number of sulfonamides is 1. The van der Waals surface area contributed by atoms with Crippen LogP contribution in [-0.2, 0) is 10.0 Å². The first-order valence-corrected chi connectivity index (χ1v) is 9.32. The number of halogens is 1. The molecule has 0 radical (unpaired) electrons. The fourth-order valence-electron chi connectivity index (χ4n) is 2.43. The zero-order chi connectivity index (χ0) is 14.6. The number of nitrogens with zero attached hydrogens (tertiary/aromatic N) is 2. The molecule has 0 unspecified atom stereocenters. The van der Waals surface area contributed by atoms with Crippen molar-refractivity contribution >= 4 is 31.6 Å². The van der Waals surface area contributed by atoms with E-state index in [0.717, 1.165) is 36.2 Å². The highest BCUT2D eigenvalue weighted by Crippen LogP contribution is 2.26. The maximum atomic E-state index is 11.8. The molecule has 1 aliphatic rings. The number of nitrogens with one attached hydrogen (secondary N) is 1. The van der Waals surface area contributed by atoms with E-state index >= 15 is 0 Å². The van der Waals surface area contributed by atoms with Crippen LogP contribution in [0.2, 0.25) is 0 Å². The zero-order valence-corrected chi connectivity index (χ0v) is 14.0. The minimum Gasteiger partial charge on any atom is -0.369 e. The molecular formula is C13H20BrN3O2S. The highest BCUT2D eigenvalue weighted by molar-refractivity contribution is 9.10. The van der Waals surface area contributed by atoms with Crippen LogP contribution in [-0.4, -0.2) is 38.3 Å². The second-order valence-electron chi connectivity index (χ2n) is 5.01. The van der Waals surface area contributed by atoms with Gasteiger partial charge in [0, 0.05) is 25.3 Å². The van der Waals surface area contributed by atoms with E-state index in [2.05, 4.69) is 30.5 Å². The lowest BCUT2D eigenvalue weighted by Gasteiger charge is -2.34. The van der Waals surface area contributed by atoms with Gasteiger partial charge in [-0.25, -0.2) is 18.1 Å². The largest absolute Gasteiger partial charge is 0.369 e. The Morgan fingerprint density at radius 2 is 2.15 bits per heavy atom. The van der Waals surface area contributed by atoms with Crippen LogP contribution < -0.4 is 9.62 Å². The summed E-state index contributed by atoms with van der Waals surface area (Å²) in [5, 5.41) is 0. The normalized spacial score (nSPS) is 17.4. The Labute approximate surface area is 129 Å². The number of hydrogen-bond donors (Lipinski definition) is 1. The SMILES string of the molecule is CCCS(=O)(=O)NC1CCN(c2cccnc2Br)CC1. The van der Waals surface area contributed by atoms with Crippen LogP contribution in [0.1, 0.15) is 26.2 Å². The number of rotatable bonds is 5. The van der Waals surface area contributed by atoms with E-state index in [1.165, 1.54) is 0 Å². The van der Waals surface area contributed by atoms with E-state index in [-0.39, 0.29) is 11.8 Å². The van der Waals surface area contributed by atoms with Gasteiger partial charge < -0.3 is 4.90 Å². The standard InChI is InChI=1S/C13H20BrN3O2S/c1-2-10-20(18,19)16-11-5-8-17(9-6-11)12-4-3-7-15-13(12)14/h3-4,7,11,16H,2,5-6,8-10H2,1H3. The Bertz CT molecular complexity index is 542. The molecule has 0 spiro atoms. The Morgan fingerprint density at radius 1 is 1.45 bits per heavy atom. The molecule has 2 heterocycles. The zero-order valence-electron chi connectivity index (χ0n) is 11.5. The van der Waals surface area contributed by atoms with Crippen LogP contribution in [0, 0.1) is 0 Å². The Balaban J connectivity index is 1.92. The minimum absolute atomic E-state index is 0.0539. The van der Waals surface area contributed by atoms with Crippen LogP contribution in [0.25, 0.3) is 0 Å². The van der Waals surface area contributed by atoms with Gasteiger partial charge in [-0.1, -0.05) is 6.92 Å². The van der Waals surface area contributed by atoms with Gasteiger partial charge in [-0.05, 0) is 47.3 Å². The quantitative estimate of drug-likeness (QED) is 0.816. The van der Waals surface area contributed by atoms with Crippen molar-refractivity contribution in [2.75, 3.05) is 23.7 Å². The van der Waals surface area contributed by atoms with Crippen molar-refractivity contribution < 1.29 is 8.42 Å². The maximum Gasteiger partial charge on any atom is 0.211 e. The summed E-state index contributed by atoms with van der Waals surface area (Å²) in [5.74, 6) is 0.210. The molecule has 0 saturated carbocycles. The Kier molecular flexibility index (Phi) is 5.40. The van der Waals surface area contributed by atoms with E-state index in [1.54, 1.807) is 6.20 Å². The molecule has 1 fully saturated rings. The predicted octanol–water partition coefficient (Wildman–Crippen LogP) is 2.14. The molecule has 0 atom stereocenters. The summed E-state index contributed by atoms with van der Waals surface area (Å²) < 4.78 is 27.2. The van der Waals surface area contributed by atoms with Crippen molar-refractivity contribution in [3.63, 3.8) is 0 Å². The topological polar surface area (TPSA) is 62.3 Å². The molecule has 0 bridgehead atoms. The molecular weight excluding hydrogens is 342 g/mol. The second-order valence-corrected chi connectivity index (χ2v) is 7.64. The number of aromatic nitrogens is 1. The third-order valence-corrected chi connectivity index (χ3v) is 5.64. The second kappa shape index (κ2) is 6.87. The highest BCUT2D eigenvalue weighted by atomic mass is 79.9. The molecule has 1 saturated heterocycles. The maximum absolute atomic E-state index is 11.8. The highest BCUT2D eigenvalue weighted by Gasteiger charge is 2.24. The van der Waals surface area contributed by atoms with Gasteiger partial charge in [0.2, 0.25) is 10.0 Å². The van der Waals surface area contributed by atoms with Gasteiger partial charge in [-0.2, -0.15) is 0 Å². The molecule has 1 N–H and O–H groups in total. The molecule has 0 aromatic carbocycles. The van der Waals surface area contributed by atoms with E-state index < -0.39 is 10.0 Å². The van der Waals surface area contributed by atoms with Gasteiger partial charge in [0.05, 0.1) is 11.4 Å². The summed E-state index contributed by atoms with van der Waals surface area (Å²) in [6.45, 7) is 3.55. The van der Waals surface area contributed by atoms with Crippen molar-refractivity contribution in [1.82, 2.24) is 9.71 Å². The first kappa shape index (κ1) is 15.7. The number of piperidine rings is 1. The van der Waals surface area contributed by atoms with Gasteiger partial charge >= 0.3 is 0 Å². The Hall–Kier alpha value is -0.660. The molecule has 1 aromatic rings. The van der Waals surface area contributed by atoms with Crippen LogP contribution in [0.15, 0.2) is 22.9 Å². The van der Waals surface area contributed by atoms with E-state index in [4.69, 9.17) is 0 Å². The van der Waals surface area contributed by atoms with E-state index in [1.807, 2.05) is 19.1 Å². The van der Waals surface area contributed by atoms with Crippen LogP contribution in [0.3, 0.4) is 0 Å². The van der Waals surface area contributed by atoms with Crippen molar-refractivity contribution in [2.24, 2.45) is 0 Å². The molecule has 1 aromatic heterocycles. The molecule has 20 heavy (non-hydrogen) atoms. The number of anilines is 1. The van der Waals surface area contributed by atoms with Gasteiger partial charge in [0.15, 0.2) is 0 Å². The van der Waals surface area contributed by atoms with Crippen molar-refractivity contribution in [3.8, 4) is 0 Å². The first-order chi connectivity index (χ1) is 9.52. The summed E-state index contributed by atoms with van der Waals surface area (Å²) in [6.07, 6.45) is 4.05. The summed E-state index contributed by atoms with van der Waals surface area (Å²) in [7, 11) is -3.11. The lowest BCUT2D eigenvalue weighted by atomic mass is 10.1. The van der Waals surface area contributed by atoms with E-state index in [9.17, 15) is 8.42 Å². The lowest BCUT2D eigenvalue weighted by Crippen LogP contribution is -2.45. The van der Waals surface area contributed by atoms with E-state index in [0.29, 0.717) is 6.42 Å². The molecule has 7 heteroatoms. The summed E-state index contributed by atoms with van der Waals surface area (Å²) >= 11 is 3.45. The average Bonchev–Trinajstić information content (AvgIpc) is 2.40. The van der Waals surface area contributed by atoms with Gasteiger partial charge in [0.1, 0.15) is 4.60 Å². The average molecular weight is 362 g/mol. The fourth-order valence-corrected chi connectivity index (χ4v) is 4.33. The van der Waals surface area contributed by atoms with Crippen molar-refractivity contribution in [2.45, 2.75) is 32.2 Å². The first-order valence-electron chi connectivity index (χ1n) is 6.87. The fraction of sp³-hybridized carbons (Fsp3) is 0.615. The summed E-state index contributed by atoms with van der Waals surface area (Å²) in [5.41, 5.74) is 1.07. The van der Waals surface area contributed by atoms with Gasteiger partial charge in [-0.3, -0.25) is 0 Å². The number of pyridine rings is 1. The van der Waals surface area contributed by atoms with Crippen LogP contribution in [0.5, 0.6) is 0 Å². The molecule has 1 aliphatic heterocycles. The van der Waals surface area contributed by atoms with Crippen LogP contribution in [0.4, 0.5) is 5.69 Å². The summed E-state index contributed by atoms with van der Waals surface area (Å²) in [4.78, 5) is 6.46. The third kappa shape index (κ3) is 4.17. The van der Waals surface area contributed by atoms with Crippen LogP contribution >= 0.6 is 15.9 Å². The van der Waals surface area contributed by atoms with Gasteiger partial charge in [0.25, 0.3) is 0 Å². The Morgan fingerprint density at radius 3 is 2.75 bits per heavy atom. The third-order valence-electron chi connectivity index (χ3n) is 3.39. The smallest absolute Gasteiger partial charge is 0.211 e. The predicted molar refractivity (Wildman–Crippen MR) is 84.4 cm³/mol. The minimum atomic E-state index is -3.11. The van der Waals surface area contributed by atoms with Crippen molar-refractivity contribution in [3.05, 3.63) is 22.9 Å². The lowest BCUT2D eigenvalue weighted by molar-refractivity contribution is 0.459. The molecule has 2 rings (SSSR count). The molecule has 0 aliphatic carbocycles. The van der Waals surface area contributed by atoms with Gasteiger partial charge in [-0.15, -0.1) is 0 Å². The molecule has 0 amide bonds. The van der Waals surface area contributed by atoms with Crippen molar-refractivity contribution in [1.29, 1.82) is 0 Å². The molecule has 112 valence electrons. The monoisotopic (exact) mass is 361 g/mol. The molecule has 5 nitrogen and oxygen atoms in total. The summed E-state index contributed by atoms with van der Waals surface area (Å²) in [6, 6.07) is 3.99.